The number of nitrogens with zero attached hydrogens (tertiary/aromatic N) is 1. The first-order valence-electron chi connectivity index (χ1n) is 5.46. The van der Waals surface area contributed by atoms with Crippen LogP contribution < -0.4 is 5.32 Å². The number of amides is 1. The van der Waals surface area contributed by atoms with E-state index in [0.29, 0.717) is 0 Å². The first-order valence-corrected chi connectivity index (χ1v) is 5.46. The zero-order valence-electron chi connectivity index (χ0n) is 10.0. The van der Waals surface area contributed by atoms with E-state index < -0.39 is 17.7 Å². The number of hydrogen-bond donors (Lipinski definition) is 3. The summed E-state index contributed by atoms with van der Waals surface area (Å²) >= 11 is 0. The molecule has 0 spiro atoms. The molecule has 0 radical (unpaired) electrons. The van der Waals surface area contributed by atoms with Gasteiger partial charge in [-0.1, -0.05) is 0 Å². The molecule has 0 saturated carbocycles. The van der Waals surface area contributed by atoms with Crippen molar-refractivity contribution in [3.63, 3.8) is 0 Å². The Morgan fingerprint density at radius 1 is 1.20 bits per heavy atom. The molecule has 0 aliphatic heterocycles. The number of carboxylic acids is 1. The van der Waals surface area contributed by atoms with Crippen molar-refractivity contribution in [2.24, 2.45) is 0 Å². The minimum Gasteiger partial charge on any atom is -0.508 e. The van der Waals surface area contributed by atoms with Crippen molar-refractivity contribution in [3.8, 4) is 5.75 Å². The second-order valence-electron chi connectivity index (χ2n) is 3.86. The van der Waals surface area contributed by atoms with Gasteiger partial charge in [-0.3, -0.25) is 4.79 Å². The third-order valence-electron chi connectivity index (χ3n) is 2.45. The molecule has 3 N–H and O–H groups in total. The number of phenolic OH excluding ortho intramolecular Hbond substituents is 1. The Morgan fingerprint density at radius 2 is 1.95 bits per heavy atom. The highest BCUT2D eigenvalue weighted by molar-refractivity contribution is 6.04. The number of carbonyl (C=O) groups is 2. The van der Waals surface area contributed by atoms with Crippen LogP contribution in [0.1, 0.15) is 20.7 Å². The van der Waals surface area contributed by atoms with E-state index in [1.807, 2.05) is 0 Å². The highest BCUT2D eigenvalue weighted by atomic mass is 19.1. The molecule has 2 aromatic rings. The highest BCUT2D eigenvalue weighted by Crippen LogP contribution is 2.16. The molecule has 1 heterocycles. The van der Waals surface area contributed by atoms with Crippen LogP contribution in [0.4, 0.5) is 10.2 Å². The topological polar surface area (TPSA) is 99.5 Å². The molecule has 7 heteroatoms. The lowest BCUT2D eigenvalue weighted by Crippen LogP contribution is -2.14. The van der Waals surface area contributed by atoms with Gasteiger partial charge < -0.3 is 15.5 Å². The van der Waals surface area contributed by atoms with Crippen LogP contribution in [0.3, 0.4) is 0 Å². The molecule has 102 valence electrons. The Hall–Kier alpha value is -2.96. The molecule has 0 fully saturated rings. The first kappa shape index (κ1) is 13.5. The van der Waals surface area contributed by atoms with Gasteiger partial charge in [0, 0.05) is 12.3 Å². The van der Waals surface area contributed by atoms with Gasteiger partial charge in [-0.25, -0.2) is 14.2 Å². The molecule has 1 aromatic heterocycles. The van der Waals surface area contributed by atoms with E-state index in [2.05, 4.69) is 10.3 Å². The minimum absolute atomic E-state index is 0.0289. The van der Waals surface area contributed by atoms with E-state index in [1.54, 1.807) is 0 Å². The van der Waals surface area contributed by atoms with Crippen LogP contribution in [0.15, 0.2) is 36.5 Å². The summed E-state index contributed by atoms with van der Waals surface area (Å²) in [6.07, 6.45) is 1.07. The van der Waals surface area contributed by atoms with Gasteiger partial charge >= 0.3 is 5.97 Å². The SMILES string of the molecule is O=C(O)c1ccc(NC(=O)c2ccc(O)cc2F)nc1. The second kappa shape index (κ2) is 5.35. The summed E-state index contributed by atoms with van der Waals surface area (Å²) < 4.78 is 13.5. The number of aromatic hydroxyl groups is 1. The summed E-state index contributed by atoms with van der Waals surface area (Å²) in [6, 6.07) is 5.68. The van der Waals surface area contributed by atoms with Crippen molar-refractivity contribution >= 4 is 17.7 Å². The van der Waals surface area contributed by atoms with Crippen LogP contribution in [-0.2, 0) is 0 Å². The van der Waals surface area contributed by atoms with Gasteiger partial charge in [0.2, 0.25) is 0 Å². The number of pyridine rings is 1. The first-order chi connectivity index (χ1) is 9.47. The van der Waals surface area contributed by atoms with Gasteiger partial charge in [-0.2, -0.15) is 0 Å². The van der Waals surface area contributed by atoms with Gasteiger partial charge in [0.15, 0.2) is 0 Å². The van der Waals surface area contributed by atoms with E-state index in [0.717, 1.165) is 18.3 Å². The quantitative estimate of drug-likeness (QED) is 0.794. The van der Waals surface area contributed by atoms with E-state index >= 15 is 0 Å². The smallest absolute Gasteiger partial charge is 0.337 e. The van der Waals surface area contributed by atoms with Crippen molar-refractivity contribution < 1.29 is 24.2 Å². The lowest BCUT2D eigenvalue weighted by molar-refractivity contribution is 0.0696. The summed E-state index contributed by atoms with van der Waals surface area (Å²) in [7, 11) is 0. The number of rotatable bonds is 3. The zero-order valence-corrected chi connectivity index (χ0v) is 10.0. The number of carboxylic acid groups (broad SMARTS) is 1. The van der Waals surface area contributed by atoms with Crippen LogP contribution in [-0.4, -0.2) is 27.1 Å². The van der Waals surface area contributed by atoms with Gasteiger partial charge in [-0.05, 0) is 24.3 Å². The van der Waals surface area contributed by atoms with Crippen molar-refractivity contribution in [1.82, 2.24) is 4.98 Å². The normalized spacial score (nSPS) is 10.1. The summed E-state index contributed by atoms with van der Waals surface area (Å²) in [5.41, 5.74) is -0.286. The molecular weight excluding hydrogens is 267 g/mol. The molecule has 0 aliphatic carbocycles. The predicted molar refractivity (Wildman–Crippen MR) is 67.2 cm³/mol. The lowest BCUT2D eigenvalue weighted by atomic mass is 10.2. The van der Waals surface area contributed by atoms with Crippen LogP contribution in [0, 0.1) is 5.82 Å². The molecule has 1 amide bonds. The maximum Gasteiger partial charge on any atom is 0.337 e. The molecule has 20 heavy (non-hydrogen) atoms. The Labute approximate surface area is 112 Å². The van der Waals surface area contributed by atoms with Gasteiger partial charge in [-0.15, -0.1) is 0 Å². The van der Waals surface area contributed by atoms with Crippen LogP contribution in [0.25, 0.3) is 0 Å². The monoisotopic (exact) mass is 276 g/mol. The zero-order chi connectivity index (χ0) is 14.7. The molecule has 0 saturated heterocycles. The molecule has 6 nitrogen and oxygen atoms in total. The molecule has 0 bridgehead atoms. The average Bonchev–Trinajstić information content (AvgIpc) is 2.39. The maximum atomic E-state index is 13.5. The maximum absolute atomic E-state index is 13.5. The van der Waals surface area contributed by atoms with E-state index in [-0.39, 0.29) is 22.7 Å². The highest BCUT2D eigenvalue weighted by Gasteiger charge is 2.13. The molecule has 0 unspecified atom stereocenters. The van der Waals surface area contributed by atoms with E-state index in [1.165, 1.54) is 18.2 Å². The number of nitrogens with one attached hydrogen (secondary N) is 1. The van der Waals surface area contributed by atoms with Gasteiger partial charge in [0.1, 0.15) is 17.4 Å². The van der Waals surface area contributed by atoms with E-state index in [9.17, 15) is 14.0 Å². The van der Waals surface area contributed by atoms with Gasteiger partial charge in [0.25, 0.3) is 5.91 Å². The van der Waals surface area contributed by atoms with Crippen LogP contribution in [0.2, 0.25) is 0 Å². The van der Waals surface area contributed by atoms with Crippen LogP contribution in [0.5, 0.6) is 5.75 Å². The number of anilines is 1. The fraction of sp³-hybridized carbons (Fsp3) is 0. The average molecular weight is 276 g/mol. The molecule has 1 aromatic carbocycles. The number of aromatic nitrogens is 1. The summed E-state index contributed by atoms with van der Waals surface area (Å²) in [5, 5.41) is 20.1. The number of phenols is 1. The van der Waals surface area contributed by atoms with Crippen molar-refractivity contribution in [1.29, 1.82) is 0 Å². The van der Waals surface area contributed by atoms with Crippen molar-refractivity contribution in [2.75, 3.05) is 5.32 Å². The lowest BCUT2D eigenvalue weighted by Gasteiger charge is -2.05. The Bertz CT molecular complexity index is 671. The molecule has 0 atom stereocenters. The molecule has 2 rings (SSSR count). The third kappa shape index (κ3) is 2.89. The Balaban J connectivity index is 2.17. The standard InChI is InChI=1S/C13H9FN2O4/c14-10-5-8(17)2-3-9(10)12(18)16-11-4-1-7(6-15-11)13(19)20/h1-6,17H,(H,19,20)(H,15,16,18). The number of halogens is 1. The summed E-state index contributed by atoms with van der Waals surface area (Å²) in [4.78, 5) is 26.1. The summed E-state index contributed by atoms with van der Waals surface area (Å²) in [5.74, 6) is -2.96. The predicted octanol–water partition coefficient (Wildman–Crippen LogP) is 1.88. The largest absolute Gasteiger partial charge is 0.508 e. The minimum atomic E-state index is -1.14. The fourth-order valence-electron chi connectivity index (χ4n) is 1.47. The number of hydrogen-bond acceptors (Lipinski definition) is 4. The third-order valence-corrected chi connectivity index (χ3v) is 2.45. The Kier molecular flexibility index (Phi) is 3.60. The van der Waals surface area contributed by atoms with Crippen molar-refractivity contribution in [3.05, 3.63) is 53.5 Å². The van der Waals surface area contributed by atoms with E-state index in [4.69, 9.17) is 10.2 Å². The fourth-order valence-corrected chi connectivity index (χ4v) is 1.47. The molecule has 0 aliphatic rings. The number of carbonyl (C=O) groups excluding carboxylic acids is 1. The number of benzene rings is 1. The molecular formula is C13H9FN2O4. The number of aromatic carboxylic acids is 1. The van der Waals surface area contributed by atoms with Crippen molar-refractivity contribution in [2.45, 2.75) is 0 Å². The Morgan fingerprint density at radius 3 is 2.50 bits per heavy atom. The van der Waals surface area contributed by atoms with Gasteiger partial charge in [0.05, 0.1) is 11.1 Å². The second-order valence-corrected chi connectivity index (χ2v) is 3.86. The summed E-state index contributed by atoms with van der Waals surface area (Å²) in [6.45, 7) is 0. The van der Waals surface area contributed by atoms with Crippen LogP contribution >= 0.6 is 0 Å².